The van der Waals surface area contributed by atoms with Crippen molar-refractivity contribution in [1.82, 2.24) is 15.5 Å². The van der Waals surface area contributed by atoms with E-state index in [0.717, 1.165) is 31.7 Å². The Morgan fingerprint density at radius 3 is 2.65 bits per heavy atom. The Hall–Kier alpha value is -1.68. The molecule has 0 spiro atoms. The second-order valence-electron chi connectivity index (χ2n) is 5.57. The lowest BCUT2D eigenvalue weighted by molar-refractivity contribution is 0.379. The zero-order valence-electron chi connectivity index (χ0n) is 12.1. The maximum Gasteiger partial charge on any atom is 0.233 e. The van der Waals surface area contributed by atoms with Gasteiger partial charge in [-0.15, -0.1) is 10.2 Å². The lowest BCUT2D eigenvalue weighted by atomic mass is 9.96. The highest BCUT2D eigenvalue weighted by atomic mass is 16.4. The van der Waals surface area contributed by atoms with Gasteiger partial charge in [-0.3, -0.25) is 0 Å². The monoisotopic (exact) mass is 271 g/mol. The van der Waals surface area contributed by atoms with Crippen molar-refractivity contribution in [3.63, 3.8) is 0 Å². The minimum absolute atomic E-state index is 0.0308. The predicted octanol–water partition coefficient (Wildman–Crippen LogP) is 3.21. The molecule has 20 heavy (non-hydrogen) atoms. The average molecular weight is 271 g/mol. The van der Waals surface area contributed by atoms with Gasteiger partial charge in [0, 0.05) is 0 Å². The fourth-order valence-corrected chi connectivity index (χ4v) is 2.56. The van der Waals surface area contributed by atoms with Crippen LogP contribution in [0, 0.1) is 0 Å². The summed E-state index contributed by atoms with van der Waals surface area (Å²) in [5.41, 5.74) is 1.25. The molecule has 1 aromatic carbocycles. The Morgan fingerprint density at radius 2 is 2.00 bits per heavy atom. The lowest BCUT2D eigenvalue weighted by Crippen LogP contribution is -2.19. The molecule has 1 fully saturated rings. The molecule has 1 aliphatic carbocycles. The fraction of sp³-hybridized carbons (Fsp3) is 0.500. The first kappa shape index (κ1) is 13.3. The molecule has 1 N–H and O–H groups in total. The lowest BCUT2D eigenvalue weighted by Gasteiger charge is -2.11. The summed E-state index contributed by atoms with van der Waals surface area (Å²) in [5.74, 6) is 1.46. The van der Waals surface area contributed by atoms with Gasteiger partial charge in [-0.1, -0.05) is 37.3 Å². The molecule has 1 aromatic heterocycles. The summed E-state index contributed by atoms with van der Waals surface area (Å²) in [4.78, 5) is 0. The van der Waals surface area contributed by atoms with Gasteiger partial charge in [-0.05, 0) is 38.3 Å². The zero-order chi connectivity index (χ0) is 14.0. The molecule has 2 aromatic rings. The van der Waals surface area contributed by atoms with E-state index in [9.17, 15) is 0 Å². The number of hydrogen-bond acceptors (Lipinski definition) is 4. The first-order chi connectivity index (χ1) is 9.76. The van der Waals surface area contributed by atoms with Crippen LogP contribution in [0.3, 0.4) is 0 Å². The molecule has 3 rings (SSSR count). The summed E-state index contributed by atoms with van der Waals surface area (Å²) in [6.07, 6.45) is 3.28. The van der Waals surface area contributed by atoms with Crippen LogP contribution in [0.4, 0.5) is 0 Å². The topological polar surface area (TPSA) is 51.0 Å². The molecule has 4 nitrogen and oxygen atoms in total. The van der Waals surface area contributed by atoms with Crippen molar-refractivity contribution in [3.8, 4) is 0 Å². The van der Waals surface area contributed by atoms with Gasteiger partial charge in [0.1, 0.15) is 0 Å². The van der Waals surface area contributed by atoms with Crippen LogP contribution >= 0.6 is 0 Å². The van der Waals surface area contributed by atoms with Gasteiger partial charge in [-0.2, -0.15) is 0 Å². The molecule has 0 aliphatic heterocycles. The molecule has 1 aliphatic rings. The molecule has 1 heterocycles. The molecule has 4 heteroatoms. The van der Waals surface area contributed by atoms with Crippen LogP contribution in [-0.4, -0.2) is 16.7 Å². The van der Waals surface area contributed by atoms with Crippen LogP contribution < -0.4 is 5.32 Å². The van der Waals surface area contributed by atoms with Crippen molar-refractivity contribution in [1.29, 1.82) is 0 Å². The SMILES string of the molecule is CCCNC(C)c1nnc(C2(c3ccccc3)CC2)o1. The smallest absolute Gasteiger partial charge is 0.233 e. The van der Waals surface area contributed by atoms with Crippen molar-refractivity contribution in [2.75, 3.05) is 6.54 Å². The predicted molar refractivity (Wildman–Crippen MR) is 77.5 cm³/mol. The second kappa shape index (κ2) is 5.37. The van der Waals surface area contributed by atoms with Crippen LogP contribution in [-0.2, 0) is 5.41 Å². The number of rotatable bonds is 6. The molecule has 1 unspecified atom stereocenters. The zero-order valence-corrected chi connectivity index (χ0v) is 12.1. The minimum atomic E-state index is -0.0308. The van der Waals surface area contributed by atoms with E-state index in [4.69, 9.17) is 4.42 Å². The molecule has 1 saturated carbocycles. The number of hydrogen-bond donors (Lipinski definition) is 1. The number of nitrogens with one attached hydrogen (secondary N) is 1. The normalized spacial score (nSPS) is 17.9. The standard InChI is InChI=1S/C16H21N3O/c1-3-11-17-12(2)14-18-19-15(20-14)16(9-10-16)13-7-5-4-6-8-13/h4-8,12,17H,3,9-11H2,1-2H3. The third-order valence-electron chi connectivity index (χ3n) is 4.00. The third kappa shape index (κ3) is 2.36. The van der Waals surface area contributed by atoms with Crippen LogP contribution in [0.25, 0.3) is 0 Å². The molecule has 0 amide bonds. The summed E-state index contributed by atoms with van der Waals surface area (Å²) in [7, 11) is 0. The summed E-state index contributed by atoms with van der Waals surface area (Å²) in [6, 6.07) is 10.6. The van der Waals surface area contributed by atoms with Gasteiger partial charge in [0.15, 0.2) is 0 Å². The van der Waals surface area contributed by atoms with Gasteiger partial charge < -0.3 is 9.73 Å². The molecule has 0 saturated heterocycles. The highest BCUT2D eigenvalue weighted by Crippen LogP contribution is 2.52. The first-order valence-electron chi connectivity index (χ1n) is 7.39. The van der Waals surface area contributed by atoms with Crippen LogP contribution in [0.1, 0.15) is 56.5 Å². The first-order valence-corrected chi connectivity index (χ1v) is 7.39. The van der Waals surface area contributed by atoms with E-state index >= 15 is 0 Å². The molecule has 106 valence electrons. The Labute approximate surface area is 119 Å². The van der Waals surface area contributed by atoms with E-state index in [-0.39, 0.29) is 11.5 Å². The van der Waals surface area contributed by atoms with Crippen LogP contribution in [0.5, 0.6) is 0 Å². The number of benzene rings is 1. The maximum atomic E-state index is 5.94. The second-order valence-corrected chi connectivity index (χ2v) is 5.57. The van der Waals surface area contributed by atoms with Crippen molar-refractivity contribution < 1.29 is 4.42 Å². The quantitative estimate of drug-likeness (QED) is 0.876. The highest BCUT2D eigenvalue weighted by molar-refractivity contribution is 5.37. The van der Waals surface area contributed by atoms with Gasteiger partial charge in [0.05, 0.1) is 11.5 Å². The van der Waals surface area contributed by atoms with Gasteiger partial charge in [-0.25, -0.2) is 0 Å². The molecule has 1 atom stereocenters. The van der Waals surface area contributed by atoms with Crippen molar-refractivity contribution >= 4 is 0 Å². The molecule has 0 bridgehead atoms. The largest absolute Gasteiger partial charge is 0.423 e. The van der Waals surface area contributed by atoms with Crippen LogP contribution in [0.15, 0.2) is 34.7 Å². The number of nitrogens with zero attached hydrogens (tertiary/aromatic N) is 2. The summed E-state index contributed by atoms with van der Waals surface area (Å²) in [6.45, 7) is 5.17. The van der Waals surface area contributed by atoms with E-state index in [1.54, 1.807) is 0 Å². The maximum absolute atomic E-state index is 5.94. The van der Waals surface area contributed by atoms with E-state index in [1.165, 1.54) is 5.56 Å². The summed E-state index contributed by atoms with van der Waals surface area (Å²) < 4.78 is 5.94. The Balaban J connectivity index is 1.80. The van der Waals surface area contributed by atoms with E-state index < -0.39 is 0 Å². The fourth-order valence-electron chi connectivity index (χ4n) is 2.56. The Bertz CT molecular complexity index is 560. The van der Waals surface area contributed by atoms with E-state index in [1.807, 2.05) is 6.07 Å². The molecular weight excluding hydrogens is 250 g/mol. The molecule has 0 radical (unpaired) electrons. The Kier molecular flexibility index (Phi) is 3.57. The third-order valence-corrected chi connectivity index (χ3v) is 4.00. The van der Waals surface area contributed by atoms with Crippen molar-refractivity contribution in [2.45, 2.75) is 44.6 Å². The van der Waals surface area contributed by atoms with Gasteiger partial charge in [0.25, 0.3) is 0 Å². The van der Waals surface area contributed by atoms with Gasteiger partial charge >= 0.3 is 0 Å². The van der Waals surface area contributed by atoms with Crippen molar-refractivity contribution in [2.24, 2.45) is 0 Å². The summed E-state index contributed by atoms with van der Waals surface area (Å²) >= 11 is 0. The van der Waals surface area contributed by atoms with E-state index in [2.05, 4.69) is 53.6 Å². The summed E-state index contributed by atoms with van der Waals surface area (Å²) in [5, 5.41) is 11.9. The number of aromatic nitrogens is 2. The molecular formula is C16H21N3O. The van der Waals surface area contributed by atoms with Crippen LogP contribution in [0.2, 0.25) is 0 Å². The van der Waals surface area contributed by atoms with Gasteiger partial charge in [0.2, 0.25) is 11.8 Å². The Morgan fingerprint density at radius 1 is 1.25 bits per heavy atom. The minimum Gasteiger partial charge on any atom is -0.423 e. The van der Waals surface area contributed by atoms with Crippen molar-refractivity contribution in [3.05, 3.63) is 47.7 Å². The van der Waals surface area contributed by atoms with E-state index in [0.29, 0.717) is 5.89 Å². The highest BCUT2D eigenvalue weighted by Gasteiger charge is 2.50. The average Bonchev–Trinajstić information content (AvgIpc) is 3.16.